The van der Waals surface area contributed by atoms with Crippen molar-refractivity contribution in [3.63, 3.8) is 0 Å². The van der Waals surface area contributed by atoms with Gasteiger partial charge in [-0.1, -0.05) is 0 Å². The lowest BCUT2D eigenvalue weighted by atomic mass is 10.0. The van der Waals surface area contributed by atoms with Crippen molar-refractivity contribution in [1.82, 2.24) is 20.1 Å². The van der Waals surface area contributed by atoms with Crippen LogP contribution in [0.15, 0.2) is 18.3 Å². The second-order valence-electron chi connectivity index (χ2n) is 8.42. The Hall–Kier alpha value is -2.19. The van der Waals surface area contributed by atoms with Gasteiger partial charge in [-0.25, -0.2) is 4.98 Å². The summed E-state index contributed by atoms with van der Waals surface area (Å²) in [6.45, 7) is 10.6. The summed E-state index contributed by atoms with van der Waals surface area (Å²) in [7, 11) is 0. The van der Waals surface area contributed by atoms with Gasteiger partial charge in [-0.2, -0.15) is 0 Å². The highest BCUT2D eigenvalue weighted by molar-refractivity contribution is 5.94. The minimum absolute atomic E-state index is 0.0302. The molecule has 1 aromatic heterocycles. The van der Waals surface area contributed by atoms with Gasteiger partial charge in [0, 0.05) is 57.7 Å². The molecular formula is C22H34N4O4. The highest BCUT2D eigenvalue weighted by atomic mass is 16.5. The second-order valence-corrected chi connectivity index (χ2v) is 8.42. The first-order chi connectivity index (χ1) is 14.4. The number of nitrogens with zero attached hydrogens (tertiary/aromatic N) is 3. The zero-order valence-corrected chi connectivity index (χ0v) is 18.3. The number of pyridine rings is 1. The van der Waals surface area contributed by atoms with E-state index in [1.165, 1.54) is 0 Å². The lowest BCUT2D eigenvalue weighted by molar-refractivity contribution is -0.126. The van der Waals surface area contributed by atoms with Crippen molar-refractivity contribution in [3.8, 4) is 5.88 Å². The molecule has 2 saturated heterocycles. The first-order valence-electron chi connectivity index (χ1n) is 10.9. The fraction of sp³-hybridized carbons (Fsp3) is 0.682. The number of piperazine rings is 1. The lowest BCUT2D eigenvalue weighted by Crippen LogP contribution is -2.55. The standard InChI is InChI=1S/C22H34N4O4/c1-16(2)24-21(27)17(3)25-8-10-26(11-9-25)22(28)19-4-5-20(23-14-19)30-15-18-6-12-29-13-7-18/h4-5,14,16-18H,6-13,15H2,1-3H3,(H,24,27). The zero-order valence-electron chi connectivity index (χ0n) is 18.3. The smallest absolute Gasteiger partial charge is 0.255 e. The molecular weight excluding hydrogens is 384 g/mol. The van der Waals surface area contributed by atoms with Crippen molar-refractivity contribution < 1.29 is 19.1 Å². The SMILES string of the molecule is CC(C)NC(=O)C(C)N1CCN(C(=O)c2ccc(OCC3CCOCC3)nc2)CC1. The summed E-state index contributed by atoms with van der Waals surface area (Å²) in [6, 6.07) is 3.47. The summed E-state index contributed by atoms with van der Waals surface area (Å²) < 4.78 is 11.1. The van der Waals surface area contributed by atoms with E-state index in [1.807, 2.05) is 25.7 Å². The van der Waals surface area contributed by atoms with Crippen LogP contribution in [-0.2, 0) is 9.53 Å². The maximum absolute atomic E-state index is 12.8. The fourth-order valence-electron chi connectivity index (χ4n) is 3.77. The van der Waals surface area contributed by atoms with Crippen molar-refractivity contribution in [1.29, 1.82) is 0 Å². The molecule has 0 aromatic carbocycles. The first kappa shape index (κ1) is 22.5. The minimum Gasteiger partial charge on any atom is -0.477 e. The molecule has 2 aliphatic heterocycles. The minimum atomic E-state index is -0.196. The van der Waals surface area contributed by atoms with Gasteiger partial charge in [0.2, 0.25) is 11.8 Å². The fourth-order valence-corrected chi connectivity index (χ4v) is 3.77. The van der Waals surface area contributed by atoms with E-state index < -0.39 is 0 Å². The number of ether oxygens (including phenoxy) is 2. The maximum atomic E-state index is 12.8. The van der Waals surface area contributed by atoms with Crippen LogP contribution in [0, 0.1) is 5.92 Å². The van der Waals surface area contributed by atoms with Crippen molar-refractivity contribution in [3.05, 3.63) is 23.9 Å². The number of carbonyl (C=O) groups excluding carboxylic acids is 2. The lowest BCUT2D eigenvalue weighted by Gasteiger charge is -2.37. The summed E-state index contributed by atoms with van der Waals surface area (Å²) >= 11 is 0. The molecule has 0 spiro atoms. The third-order valence-electron chi connectivity index (χ3n) is 5.75. The molecule has 1 aromatic rings. The summed E-state index contributed by atoms with van der Waals surface area (Å²) in [5.74, 6) is 1.05. The van der Waals surface area contributed by atoms with Crippen LogP contribution >= 0.6 is 0 Å². The van der Waals surface area contributed by atoms with Gasteiger partial charge in [0.1, 0.15) is 0 Å². The van der Waals surface area contributed by atoms with Crippen molar-refractivity contribution in [2.45, 2.75) is 45.7 Å². The summed E-state index contributed by atoms with van der Waals surface area (Å²) in [5, 5.41) is 2.95. The quantitative estimate of drug-likeness (QED) is 0.724. The topological polar surface area (TPSA) is 84.0 Å². The predicted molar refractivity (Wildman–Crippen MR) is 113 cm³/mol. The Morgan fingerprint density at radius 3 is 2.47 bits per heavy atom. The maximum Gasteiger partial charge on any atom is 0.255 e. The van der Waals surface area contributed by atoms with Crippen molar-refractivity contribution in [2.24, 2.45) is 5.92 Å². The van der Waals surface area contributed by atoms with E-state index in [1.54, 1.807) is 18.3 Å². The average Bonchev–Trinajstić information content (AvgIpc) is 2.77. The van der Waals surface area contributed by atoms with E-state index in [2.05, 4.69) is 15.2 Å². The van der Waals surface area contributed by atoms with E-state index in [0.717, 1.165) is 26.1 Å². The van der Waals surface area contributed by atoms with Crippen LogP contribution in [-0.4, -0.2) is 84.7 Å². The second kappa shape index (κ2) is 10.7. The molecule has 0 bridgehead atoms. The summed E-state index contributed by atoms with van der Waals surface area (Å²) in [5.41, 5.74) is 0.562. The highest BCUT2D eigenvalue weighted by Gasteiger charge is 2.28. The monoisotopic (exact) mass is 418 g/mol. The molecule has 0 saturated carbocycles. The summed E-state index contributed by atoms with van der Waals surface area (Å²) in [4.78, 5) is 33.3. The van der Waals surface area contributed by atoms with Crippen LogP contribution in [0.1, 0.15) is 44.0 Å². The molecule has 8 heteroatoms. The van der Waals surface area contributed by atoms with E-state index in [0.29, 0.717) is 50.1 Å². The van der Waals surface area contributed by atoms with Crippen molar-refractivity contribution in [2.75, 3.05) is 46.0 Å². The van der Waals surface area contributed by atoms with Gasteiger partial charge in [-0.3, -0.25) is 14.5 Å². The molecule has 2 amide bonds. The molecule has 0 aliphatic carbocycles. The van der Waals surface area contributed by atoms with E-state index >= 15 is 0 Å². The number of carbonyl (C=O) groups is 2. The first-order valence-corrected chi connectivity index (χ1v) is 10.9. The zero-order chi connectivity index (χ0) is 21.5. The molecule has 2 fully saturated rings. The molecule has 3 rings (SSSR count). The van der Waals surface area contributed by atoms with E-state index in [4.69, 9.17) is 9.47 Å². The van der Waals surface area contributed by atoms with Gasteiger partial charge in [0.25, 0.3) is 5.91 Å². The van der Waals surface area contributed by atoms with Crippen LogP contribution in [0.3, 0.4) is 0 Å². The largest absolute Gasteiger partial charge is 0.477 e. The van der Waals surface area contributed by atoms with Gasteiger partial charge in [-0.05, 0) is 45.6 Å². The van der Waals surface area contributed by atoms with E-state index in [-0.39, 0.29) is 23.9 Å². The van der Waals surface area contributed by atoms with Crippen LogP contribution < -0.4 is 10.1 Å². The molecule has 8 nitrogen and oxygen atoms in total. The molecule has 166 valence electrons. The molecule has 1 atom stereocenters. The highest BCUT2D eigenvalue weighted by Crippen LogP contribution is 2.17. The molecule has 0 radical (unpaired) electrons. The Morgan fingerprint density at radius 1 is 1.17 bits per heavy atom. The van der Waals surface area contributed by atoms with Gasteiger partial charge in [0.15, 0.2) is 0 Å². The molecule has 30 heavy (non-hydrogen) atoms. The van der Waals surface area contributed by atoms with Crippen LogP contribution in [0.5, 0.6) is 5.88 Å². The molecule has 1 N–H and O–H groups in total. The van der Waals surface area contributed by atoms with E-state index in [9.17, 15) is 9.59 Å². The van der Waals surface area contributed by atoms with Crippen LogP contribution in [0.2, 0.25) is 0 Å². The van der Waals surface area contributed by atoms with Gasteiger partial charge in [-0.15, -0.1) is 0 Å². The van der Waals surface area contributed by atoms with Crippen LogP contribution in [0.4, 0.5) is 0 Å². The predicted octanol–water partition coefficient (Wildman–Crippen LogP) is 1.56. The Kier molecular flexibility index (Phi) is 8.04. The number of hydrogen-bond donors (Lipinski definition) is 1. The number of aromatic nitrogens is 1. The normalized spacial score (nSPS) is 19.5. The molecule has 1 unspecified atom stereocenters. The average molecular weight is 419 g/mol. The number of amides is 2. The van der Waals surface area contributed by atoms with Gasteiger partial charge < -0.3 is 19.7 Å². The van der Waals surface area contributed by atoms with Crippen molar-refractivity contribution >= 4 is 11.8 Å². The summed E-state index contributed by atoms with van der Waals surface area (Å²) in [6.07, 6.45) is 3.62. The molecule has 3 heterocycles. The van der Waals surface area contributed by atoms with Gasteiger partial charge in [0.05, 0.1) is 18.2 Å². The van der Waals surface area contributed by atoms with Gasteiger partial charge >= 0.3 is 0 Å². The number of rotatable bonds is 7. The Balaban J connectivity index is 1.46. The third-order valence-corrected chi connectivity index (χ3v) is 5.75. The molecule has 2 aliphatic rings. The Morgan fingerprint density at radius 2 is 1.87 bits per heavy atom. The third kappa shape index (κ3) is 6.15. The Labute approximate surface area is 178 Å². The van der Waals surface area contributed by atoms with Crippen LogP contribution in [0.25, 0.3) is 0 Å². The number of nitrogens with one attached hydrogen (secondary N) is 1. The number of hydrogen-bond acceptors (Lipinski definition) is 6. The Bertz CT molecular complexity index is 696.